The van der Waals surface area contributed by atoms with Crippen LogP contribution in [0.1, 0.15) is 49.0 Å². The minimum atomic E-state index is -3.83. The molecule has 2 aliphatic carbocycles. The van der Waals surface area contributed by atoms with E-state index < -0.39 is 39.3 Å². The van der Waals surface area contributed by atoms with Gasteiger partial charge in [0.25, 0.3) is 0 Å². The molecule has 1 aliphatic heterocycles. The van der Waals surface area contributed by atoms with Crippen molar-refractivity contribution in [2.45, 2.75) is 49.1 Å². The topological polar surface area (TPSA) is 66.9 Å². The molecule has 1 amide bonds. The van der Waals surface area contributed by atoms with Crippen molar-refractivity contribution >= 4 is 44.8 Å². The van der Waals surface area contributed by atoms with Crippen LogP contribution < -0.4 is 4.31 Å². The smallest absolute Gasteiger partial charge is 0.249 e. The molecule has 3 aromatic rings. The fourth-order valence-corrected chi connectivity index (χ4v) is 7.83. The summed E-state index contributed by atoms with van der Waals surface area (Å²) < 4.78 is 49.9. The number of nitrogens with zero attached hydrogens (tertiary/aromatic N) is 2. The van der Waals surface area contributed by atoms with E-state index in [9.17, 15) is 13.2 Å². The molecule has 6 nitrogen and oxygen atoms in total. The number of benzene rings is 3. The molecule has 1 heterocycles. The van der Waals surface area contributed by atoms with Gasteiger partial charge in [-0.15, -0.1) is 0 Å². The monoisotopic (exact) mass is 602 g/mol. The molecule has 10 heteroatoms. The highest BCUT2D eigenvalue weighted by Crippen LogP contribution is 2.47. The third kappa shape index (κ3) is 5.47. The molecule has 210 valence electrons. The maximum Gasteiger partial charge on any atom is 0.249 e. The van der Waals surface area contributed by atoms with E-state index in [0.29, 0.717) is 22.9 Å². The third-order valence-electron chi connectivity index (χ3n) is 7.90. The molecule has 2 saturated carbocycles. The van der Waals surface area contributed by atoms with Gasteiger partial charge < -0.3 is 9.64 Å². The van der Waals surface area contributed by atoms with Crippen molar-refractivity contribution in [2.24, 2.45) is 5.92 Å². The molecule has 40 heavy (non-hydrogen) atoms. The van der Waals surface area contributed by atoms with Crippen LogP contribution in [0, 0.1) is 11.7 Å². The van der Waals surface area contributed by atoms with Gasteiger partial charge in [0.2, 0.25) is 15.9 Å². The average molecular weight is 604 g/mol. The standard InChI is InChI=1S/C30H29Cl2FN2O4S/c31-22-12-10-20(11-13-22)29-30(21-4-3-5-23(32)16-21)39-18-28(36)35(29)27(19-8-9-19)17-34(40(37,38)24-14-15-24)26-7-2-1-6-25(26)33/h1-7,10-13,16,19,24,27,29-30H,8-9,14-15,17-18H2/t27?,29-,30-/m1/s1. The number of anilines is 1. The van der Waals surface area contributed by atoms with Gasteiger partial charge in [0.1, 0.15) is 18.5 Å². The molecule has 3 fully saturated rings. The number of morpholine rings is 1. The van der Waals surface area contributed by atoms with Crippen LogP contribution in [0.2, 0.25) is 10.0 Å². The number of para-hydroxylation sites is 1. The number of amides is 1. The number of ether oxygens (including phenoxy) is 1. The Bertz CT molecular complexity index is 1510. The molecule has 0 N–H and O–H groups in total. The van der Waals surface area contributed by atoms with Gasteiger partial charge in [0.15, 0.2) is 0 Å². The van der Waals surface area contributed by atoms with E-state index in [2.05, 4.69) is 0 Å². The van der Waals surface area contributed by atoms with E-state index in [-0.39, 0.29) is 30.7 Å². The van der Waals surface area contributed by atoms with Gasteiger partial charge in [-0.3, -0.25) is 9.10 Å². The molecule has 1 saturated heterocycles. The number of rotatable bonds is 9. The third-order valence-corrected chi connectivity index (χ3v) is 10.7. The summed E-state index contributed by atoms with van der Waals surface area (Å²) in [4.78, 5) is 15.5. The van der Waals surface area contributed by atoms with Crippen molar-refractivity contribution in [2.75, 3.05) is 17.5 Å². The van der Waals surface area contributed by atoms with E-state index in [1.165, 1.54) is 22.5 Å². The van der Waals surface area contributed by atoms with Crippen molar-refractivity contribution in [3.8, 4) is 0 Å². The van der Waals surface area contributed by atoms with E-state index >= 15 is 4.39 Å². The lowest BCUT2D eigenvalue weighted by Crippen LogP contribution is -2.56. The molecule has 0 bridgehead atoms. The molecule has 3 aromatic carbocycles. The van der Waals surface area contributed by atoms with Crippen LogP contribution >= 0.6 is 23.2 Å². The second-order valence-corrected chi connectivity index (χ2v) is 13.7. The second kappa shape index (κ2) is 11.0. The fraction of sp³-hybridized carbons (Fsp3) is 0.367. The van der Waals surface area contributed by atoms with Crippen LogP contribution in [0.5, 0.6) is 0 Å². The SMILES string of the molecule is O=C1CO[C@H](c2cccc(Cl)c2)[C@@H](c2ccc(Cl)cc2)N1C(CN(c1ccccc1F)S(=O)(=O)C1CC1)C1CC1. The van der Waals surface area contributed by atoms with Gasteiger partial charge in [0, 0.05) is 10.0 Å². The van der Waals surface area contributed by atoms with Gasteiger partial charge in [-0.2, -0.15) is 0 Å². The predicted octanol–water partition coefficient (Wildman–Crippen LogP) is 6.55. The zero-order chi connectivity index (χ0) is 28.0. The molecule has 3 atom stereocenters. The molecular weight excluding hydrogens is 574 g/mol. The maximum atomic E-state index is 15.1. The van der Waals surface area contributed by atoms with Crippen molar-refractivity contribution < 1.29 is 22.3 Å². The van der Waals surface area contributed by atoms with Crippen LogP contribution in [0.3, 0.4) is 0 Å². The summed E-state index contributed by atoms with van der Waals surface area (Å²) >= 11 is 12.6. The van der Waals surface area contributed by atoms with E-state index in [4.69, 9.17) is 27.9 Å². The summed E-state index contributed by atoms with van der Waals surface area (Å²) in [7, 11) is -3.83. The number of sulfonamides is 1. The van der Waals surface area contributed by atoms with Crippen molar-refractivity contribution in [3.05, 3.63) is 99.8 Å². The lowest BCUT2D eigenvalue weighted by atomic mass is 9.90. The Morgan fingerprint density at radius 3 is 2.30 bits per heavy atom. The van der Waals surface area contributed by atoms with Crippen LogP contribution in [0.15, 0.2) is 72.8 Å². The van der Waals surface area contributed by atoms with Crippen LogP contribution in [0.25, 0.3) is 0 Å². The largest absolute Gasteiger partial charge is 0.361 e. The molecular formula is C30H29Cl2FN2O4S. The van der Waals surface area contributed by atoms with Crippen LogP contribution in [-0.4, -0.2) is 43.7 Å². The summed E-state index contributed by atoms with van der Waals surface area (Å²) in [6, 6.07) is 19.4. The number of hydrogen-bond donors (Lipinski definition) is 0. The number of hydrogen-bond acceptors (Lipinski definition) is 4. The van der Waals surface area contributed by atoms with Crippen molar-refractivity contribution in [1.82, 2.24) is 4.90 Å². The normalized spacial score (nSPS) is 22.3. The van der Waals surface area contributed by atoms with Crippen molar-refractivity contribution in [3.63, 3.8) is 0 Å². The molecule has 0 aromatic heterocycles. The van der Waals surface area contributed by atoms with Crippen LogP contribution in [0.4, 0.5) is 10.1 Å². The first-order chi connectivity index (χ1) is 19.2. The summed E-state index contributed by atoms with van der Waals surface area (Å²) in [6.45, 7) is -0.206. The minimum absolute atomic E-state index is 0.00944. The lowest BCUT2D eigenvalue weighted by molar-refractivity contribution is -0.163. The predicted molar refractivity (Wildman–Crippen MR) is 153 cm³/mol. The maximum absolute atomic E-state index is 15.1. The summed E-state index contributed by atoms with van der Waals surface area (Å²) in [5.74, 6) is -0.784. The van der Waals surface area contributed by atoms with Crippen molar-refractivity contribution in [1.29, 1.82) is 0 Å². The van der Waals surface area contributed by atoms with E-state index in [1.54, 1.807) is 29.2 Å². The first-order valence-corrected chi connectivity index (χ1v) is 15.7. The number of carbonyl (C=O) groups is 1. The summed E-state index contributed by atoms with van der Waals surface area (Å²) in [6.07, 6.45) is 2.23. The quantitative estimate of drug-likeness (QED) is 0.278. The van der Waals surface area contributed by atoms with Gasteiger partial charge in [-0.05, 0) is 79.1 Å². The Morgan fingerprint density at radius 2 is 1.65 bits per heavy atom. The van der Waals surface area contributed by atoms with Gasteiger partial charge in [0.05, 0.1) is 29.6 Å². The Balaban J connectivity index is 1.45. The molecule has 6 rings (SSSR count). The van der Waals surface area contributed by atoms with Gasteiger partial charge >= 0.3 is 0 Å². The zero-order valence-corrected chi connectivity index (χ0v) is 24.0. The Hall–Kier alpha value is -2.65. The van der Waals surface area contributed by atoms with E-state index in [1.807, 2.05) is 30.3 Å². The molecule has 0 spiro atoms. The highest BCUT2D eigenvalue weighted by atomic mass is 35.5. The summed E-state index contributed by atoms with van der Waals surface area (Å²) in [5, 5.41) is 0.552. The number of halogens is 3. The Labute approximate surface area is 243 Å². The minimum Gasteiger partial charge on any atom is -0.361 e. The molecule has 1 unspecified atom stereocenters. The lowest BCUT2D eigenvalue weighted by Gasteiger charge is -2.47. The molecule has 0 radical (unpaired) electrons. The molecule has 3 aliphatic rings. The fourth-order valence-electron chi connectivity index (χ4n) is 5.63. The zero-order valence-electron chi connectivity index (χ0n) is 21.6. The van der Waals surface area contributed by atoms with Gasteiger partial charge in [-0.1, -0.05) is 59.6 Å². The average Bonchev–Trinajstić information content (AvgIpc) is 3.84. The summed E-state index contributed by atoms with van der Waals surface area (Å²) in [5.41, 5.74) is 1.61. The van der Waals surface area contributed by atoms with Crippen LogP contribution in [-0.2, 0) is 19.6 Å². The Kier molecular flexibility index (Phi) is 7.55. The Morgan fingerprint density at radius 1 is 0.925 bits per heavy atom. The highest BCUT2D eigenvalue weighted by Gasteiger charge is 2.50. The van der Waals surface area contributed by atoms with E-state index in [0.717, 1.165) is 24.0 Å². The second-order valence-electron chi connectivity index (χ2n) is 10.7. The first kappa shape index (κ1) is 27.5. The highest BCUT2D eigenvalue weighted by molar-refractivity contribution is 7.93. The first-order valence-electron chi connectivity index (χ1n) is 13.4. The van der Waals surface area contributed by atoms with Gasteiger partial charge in [-0.25, -0.2) is 12.8 Å². The number of carbonyl (C=O) groups excluding carboxylic acids is 1.